The van der Waals surface area contributed by atoms with Crippen LogP contribution < -0.4 is 15.8 Å². The minimum Gasteiger partial charge on any atom is -0.474 e. The van der Waals surface area contributed by atoms with Gasteiger partial charge in [0.15, 0.2) is 0 Å². The predicted molar refractivity (Wildman–Crippen MR) is 71.6 cm³/mol. The third-order valence-corrected chi connectivity index (χ3v) is 3.23. The Labute approximate surface area is 108 Å². The summed E-state index contributed by atoms with van der Waals surface area (Å²) in [4.78, 5) is 8.48. The van der Waals surface area contributed by atoms with Crippen LogP contribution in [0.5, 0.6) is 5.88 Å². The van der Waals surface area contributed by atoms with Crippen molar-refractivity contribution in [2.75, 3.05) is 11.9 Å². The zero-order valence-electron chi connectivity index (χ0n) is 11.1. The average molecular weight is 250 g/mol. The zero-order chi connectivity index (χ0) is 13.0. The second kappa shape index (κ2) is 6.00. The van der Waals surface area contributed by atoms with E-state index >= 15 is 0 Å². The van der Waals surface area contributed by atoms with E-state index in [1.54, 1.807) is 12.4 Å². The average Bonchev–Trinajstić information content (AvgIpc) is 2.72. The number of aromatic nitrogens is 2. The molecule has 2 unspecified atom stereocenters. The van der Waals surface area contributed by atoms with Gasteiger partial charge in [-0.1, -0.05) is 6.42 Å². The predicted octanol–water partition coefficient (Wildman–Crippen LogP) is 1.80. The highest BCUT2D eigenvalue weighted by Gasteiger charge is 2.23. The van der Waals surface area contributed by atoms with Crippen LogP contribution in [0.1, 0.15) is 33.1 Å². The molecule has 1 aliphatic carbocycles. The van der Waals surface area contributed by atoms with Crippen molar-refractivity contribution in [2.45, 2.75) is 45.3 Å². The minimum absolute atomic E-state index is 0.109. The highest BCUT2D eigenvalue weighted by Crippen LogP contribution is 2.24. The summed E-state index contributed by atoms with van der Waals surface area (Å²) in [6, 6.07) is 0.320. The summed E-state index contributed by atoms with van der Waals surface area (Å²) in [7, 11) is 0. The van der Waals surface area contributed by atoms with Gasteiger partial charge in [0.05, 0.1) is 18.5 Å². The number of rotatable bonds is 5. The number of nitrogens with zero attached hydrogens (tertiary/aromatic N) is 2. The molecule has 1 fully saturated rings. The van der Waals surface area contributed by atoms with Gasteiger partial charge in [0.2, 0.25) is 5.88 Å². The Morgan fingerprint density at radius 3 is 2.94 bits per heavy atom. The quantitative estimate of drug-likeness (QED) is 0.833. The number of ether oxygens (including phenoxy) is 1. The van der Waals surface area contributed by atoms with E-state index in [9.17, 15) is 0 Å². The van der Waals surface area contributed by atoms with Crippen molar-refractivity contribution in [3.8, 4) is 5.88 Å². The molecule has 0 aliphatic heterocycles. The highest BCUT2D eigenvalue weighted by atomic mass is 16.5. The summed E-state index contributed by atoms with van der Waals surface area (Å²) >= 11 is 0. The van der Waals surface area contributed by atoms with Crippen LogP contribution in [-0.2, 0) is 0 Å². The van der Waals surface area contributed by atoms with E-state index in [2.05, 4.69) is 15.3 Å². The number of nitrogens with one attached hydrogen (secondary N) is 1. The number of anilines is 1. The van der Waals surface area contributed by atoms with Gasteiger partial charge in [-0.15, -0.1) is 0 Å². The van der Waals surface area contributed by atoms with Gasteiger partial charge in [-0.2, -0.15) is 4.98 Å². The number of nitrogens with two attached hydrogens (primary N) is 1. The molecule has 1 aliphatic rings. The van der Waals surface area contributed by atoms with Gasteiger partial charge in [0.1, 0.15) is 5.82 Å². The van der Waals surface area contributed by atoms with Gasteiger partial charge < -0.3 is 15.8 Å². The van der Waals surface area contributed by atoms with Crippen LogP contribution in [0.3, 0.4) is 0 Å². The third kappa shape index (κ3) is 3.57. The van der Waals surface area contributed by atoms with Gasteiger partial charge in [-0.05, 0) is 32.6 Å². The highest BCUT2D eigenvalue weighted by molar-refractivity contribution is 5.33. The van der Waals surface area contributed by atoms with Crippen LogP contribution in [0, 0.1) is 5.92 Å². The molecule has 5 heteroatoms. The molecule has 0 bridgehead atoms. The maximum atomic E-state index is 6.04. The molecule has 100 valence electrons. The van der Waals surface area contributed by atoms with Crippen LogP contribution in [0.4, 0.5) is 5.82 Å². The van der Waals surface area contributed by atoms with Gasteiger partial charge >= 0.3 is 0 Å². The van der Waals surface area contributed by atoms with Gasteiger partial charge in [0, 0.05) is 12.6 Å². The lowest BCUT2D eigenvalue weighted by Gasteiger charge is -2.16. The summed E-state index contributed by atoms with van der Waals surface area (Å²) in [5.74, 6) is 1.86. The molecule has 1 aromatic rings. The second-order valence-corrected chi connectivity index (χ2v) is 5.14. The zero-order valence-corrected chi connectivity index (χ0v) is 11.1. The molecule has 2 rings (SSSR count). The Morgan fingerprint density at radius 1 is 1.44 bits per heavy atom. The molecule has 1 heterocycles. The molecule has 0 saturated heterocycles. The minimum atomic E-state index is 0.109. The first-order valence-electron chi connectivity index (χ1n) is 6.63. The fraction of sp³-hybridized carbons (Fsp3) is 0.692. The van der Waals surface area contributed by atoms with Crippen molar-refractivity contribution < 1.29 is 4.74 Å². The molecule has 1 saturated carbocycles. The van der Waals surface area contributed by atoms with E-state index < -0.39 is 0 Å². The van der Waals surface area contributed by atoms with Crippen LogP contribution in [0.2, 0.25) is 0 Å². The second-order valence-electron chi connectivity index (χ2n) is 5.14. The Kier molecular flexibility index (Phi) is 4.36. The summed E-state index contributed by atoms with van der Waals surface area (Å²) in [6.45, 7) is 4.81. The Morgan fingerprint density at radius 2 is 2.28 bits per heavy atom. The Balaban J connectivity index is 1.88. The summed E-state index contributed by atoms with van der Waals surface area (Å²) in [6.07, 6.45) is 7.02. The lowest BCUT2D eigenvalue weighted by Crippen LogP contribution is -2.29. The largest absolute Gasteiger partial charge is 0.474 e. The van der Waals surface area contributed by atoms with Gasteiger partial charge in [-0.25, -0.2) is 0 Å². The van der Waals surface area contributed by atoms with E-state index in [-0.39, 0.29) is 6.10 Å². The Hall–Kier alpha value is -1.36. The van der Waals surface area contributed by atoms with Crippen molar-refractivity contribution in [3.63, 3.8) is 0 Å². The molecule has 2 atom stereocenters. The van der Waals surface area contributed by atoms with E-state index in [1.165, 1.54) is 12.8 Å². The normalized spacial score (nSPS) is 23.3. The first kappa shape index (κ1) is 13.1. The first-order valence-corrected chi connectivity index (χ1v) is 6.63. The van der Waals surface area contributed by atoms with Crippen molar-refractivity contribution in [2.24, 2.45) is 11.7 Å². The van der Waals surface area contributed by atoms with Crippen LogP contribution >= 0.6 is 0 Å². The lowest BCUT2D eigenvalue weighted by molar-refractivity contribution is 0.232. The van der Waals surface area contributed by atoms with Crippen molar-refractivity contribution in [3.05, 3.63) is 12.4 Å². The molecule has 1 aromatic heterocycles. The van der Waals surface area contributed by atoms with Crippen molar-refractivity contribution >= 4 is 5.82 Å². The standard InChI is InChI=1S/C13H22N4O/c1-9(2)18-13-8-15-7-12(17-13)16-6-10-4-3-5-11(10)14/h7-11H,3-6,14H2,1-2H3,(H,16,17). The summed E-state index contributed by atoms with van der Waals surface area (Å²) < 4.78 is 5.51. The third-order valence-electron chi connectivity index (χ3n) is 3.23. The molecule has 3 N–H and O–H groups in total. The monoisotopic (exact) mass is 250 g/mol. The molecule has 0 aromatic carbocycles. The lowest BCUT2D eigenvalue weighted by atomic mass is 10.1. The Bertz CT molecular complexity index is 383. The van der Waals surface area contributed by atoms with Crippen LogP contribution in [0.25, 0.3) is 0 Å². The van der Waals surface area contributed by atoms with Crippen molar-refractivity contribution in [1.29, 1.82) is 0 Å². The summed E-state index contributed by atoms with van der Waals surface area (Å²) in [5.41, 5.74) is 6.04. The molecular weight excluding hydrogens is 228 g/mol. The molecule has 18 heavy (non-hydrogen) atoms. The maximum absolute atomic E-state index is 6.04. The first-order chi connectivity index (χ1) is 8.65. The number of hydrogen-bond donors (Lipinski definition) is 2. The SMILES string of the molecule is CC(C)Oc1cncc(NCC2CCCC2N)n1. The molecule has 0 amide bonds. The van der Waals surface area contributed by atoms with Crippen LogP contribution in [-0.4, -0.2) is 28.7 Å². The van der Waals surface area contributed by atoms with Gasteiger partial charge in [-0.3, -0.25) is 4.98 Å². The molecule has 0 spiro atoms. The fourth-order valence-electron chi connectivity index (χ4n) is 2.29. The topological polar surface area (TPSA) is 73.1 Å². The fourth-order valence-corrected chi connectivity index (χ4v) is 2.29. The van der Waals surface area contributed by atoms with Gasteiger partial charge in [0.25, 0.3) is 0 Å². The number of hydrogen-bond acceptors (Lipinski definition) is 5. The van der Waals surface area contributed by atoms with Crippen LogP contribution in [0.15, 0.2) is 12.4 Å². The maximum Gasteiger partial charge on any atom is 0.234 e. The molecular formula is C13H22N4O. The van der Waals surface area contributed by atoms with E-state index in [1.807, 2.05) is 13.8 Å². The van der Waals surface area contributed by atoms with E-state index in [0.29, 0.717) is 17.8 Å². The smallest absolute Gasteiger partial charge is 0.234 e. The van der Waals surface area contributed by atoms with E-state index in [0.717, 1.165) is 18.8 Å². The summed E-state index contributed by atoms with van der Waals surface area (Å²) in [5, 5.41) is 3.30. The molecule has 5 nitrogen and oxygen atoms in total. The van der Waals surface area contributed by atoms with Crippen molar-refractivity contribution in [1.82, 2.24) is 9.97 Å². The van der Waals surface area contributed by atoms with E-state index in [4.69, 9.17) is 10.5 Å². The molecule has 0 radical (unpaired) electrons.